The van der Waals surface area contributed by atoms with Gasteiger partial charge in [-0.25, -0.2) is 0 Å². The summed E-state index contributed by atoms with van der Waals surface area (Å²) in [6, 6.07) is 4.14. The van der Waals surface area contributed by atoms with Crippen molar-refractivity contribution in [2.75, 3.05) is 14.2 Å². The molecule has 1 rings (SSSR count). The maximum Gasteiger partial charge on any atom is 0.125 e. The molecule has 0 N–H and O–H groups in total. The molecule has 92 valence electrons. The van der Waals surface area contributed by atoms with Gasteiger partial charge in [0.2, 0.25) is 0 Å². The zero-order valence-electron chi connectivity index (χ0n) is 11.5. The van der Waals surface area contributed by atoms with Gasteiger partial charge in [-0.15, -0.1) is 0 Å². The van der Waals surface area contributed by atoms with E-state index in [0.717, 1.165) is 17.1 Å². The summed E-state index contributed by atoms with van der Waals surface area (Å²) in [6.45, 7) is 10.3. The fraction of sp³-hybridized carbons (Fsp3) is 0.571. The van der Waals surface area contributed by atoms with Gasteiger partial charge in [0, 0.05) is 5.56 Å². The van der Waals surface area contributed by atoms with Gasteiger partial charge >= 0.3 is 0 Å². The van der Waals surface area contributed by atoms with Crippen LogP contribution in [0.15, 0.2) is 12.1 Å². The fourth-order valence-electron chi connectivity index (χ4n) is 1.44. The molecular formula is C14H24O2. The lowest BCUT2D eigenvalue weighted by molar-refractivity contribution is 0.387. The summed E-state index contributed by atoms with van der Waals surface area (Å²) in [5, 5.41) is 0. The quantitative estimate of drug-likeness (QED) is 0.767. The topological polar surface area (TPSA) is 18.5 Å². The Morgan fingerprint density at radius 2 is 1.31 bits per heavy atom. The molecule has 1 aromatic carbocycles. The van der Waals surface area contributed by atoms with Crippen LogP contribution in [0.4, 0.5) is 0 Å². The van der Waals surface area contributed by atoms with Crippen LogP contribution in [0.3, 0.4) is 0 Å². The van der Waals surface area contributed by atoms with E-state index in [1.165, 1.54) is 5.56 Å². The van der Waals surface area contributed by atoms with Crippen LogP contribution in [0.5, 0.6) is 11.5 Å². The number of benzene rings is 1. The van der Waals surface area contributed by atoms with E-state index < -0.39 is 0 Å². The molecule has 0 atom stereocenters. The maximum absolute atomic E-state index is 5.30. The molecule has 0 fully saturated rings. The first-order valence-corrected chi connectivity index (χ1v) is 5.82. The minimum absolute atomic E-state index is 0.485. The second-order valence-corrected chi connectivity index (χ2v) is 3.71. The SMILES string of the molecule is CC.COc1cc(C(C)C)cc(OC)c1C. The third-order valence-corrected chi connectivity index (χ3v) is 2.44. The number of ether oxygens (including phenoxy) is 2. The number of hydrogen-bond acceptors (Lipinski definition) is 2. The Labute approximate surface area is 99.6 Å². The summed E-state index contributed by atoms with van der Waals surface area (Å²) in [5.41, 5.74) is 2.30. The molecule has 16 heavy (non-hydrogen) atoms. The van der Waals surface area contributed by atoms with Crippen LogP contribution in [0, 0.1) is 6.92 Å². The zero-order valence-corrected chi connectivity index (χ0v) is 11.5. The van der Waals surface area contributed by atoms with E-state index in [1.54, 1.807) is 14.2 Å². The maximum atomic E-state index is 5.30. The lowest BCUT2D eigenvalue weighted by Crippen LogP contribution is -1.96. The van der Waals surface area contributed by atoms with Crippen molar-refractivity contribution in [2.45, 2.75) is 40.5 Å². The molecule has 0 aromatic heterocycles. The molecule has 0 heterocycles. The van der Waals surface area contributed by atoms with Gasteiger partial charge < -0.3 is 9.47 Å². The Hall–Kier alpha value is -1.18. The van der Waals surface area contributed by atoms with E-state index in [2.05, 4.69) is 26.0 Å². The first-order valence-electron chi connectivity index (χ1n) is 5.82. The number of methoxy groups -OCH3 is 2. The Morgan fingerprint density at radius 3 is 1.56 bits per heavy atom. The predicted molar refractivity (Wildman–Crippen MR) is 69.7 cm³/mol. The molecule has 0 radical (unpaired) electrons. The third-order valence-electron chi connectivity index (χ3n) is 2.44. The molecule has 0 saturated carbocycles. The fourth-order valence-corrected chi connectivity index (χ4v) is 1.44. The standard InChI is InChI=1S/C12H18O2.C2H6/c1-8(2)10-6-11(13-4)9(3)12(7-10)14-5;1-2/h6-8H,1-5H3;1-2H3. The summed E-state index contributed by atoms with van der Waals surface area (Å²) in [5.74, 6) is 2.28. The van der Waals surface area contributed by atoms with Crippen LogP contribution in [0.25, 0.3) is 0 Å². The van der Waals surface area contributed by atoms with Crippen molar-refractivity contribution in [3.05, 3.63) is 23.3 Å². The van der Waals surface area contributed by atoms with Crippen LogP contribution < -0.4 is 9.47 Å². The van der Waals surface area contributed by atoms with Crippen molar-refractivity contribution in [3.8, 4) is 11.5 Å². The van der Waals surface area contributed by atoms with Crippen molar-refractivity contribution in [2.24, 2.45) is 0 Å². The van der Waals surface area contributed by atoms with Crippen molar-refractivity contribution in [3.63, 3.8) is 0 Å². The monoisotopic (exact) mass is 224 g/mol. The Bertz CT molecular complexity index is 292. The van der Waals surface area contributed by atoms with Gasteiger partial charge in [0.05, 0.1) is 14.2 Å². The van der Waals surface area contributed by atoms with E-state index in [9.17, 15) is 0 Å². The van der Waals surface area contributed by atoms with Gasteiger partial charge in [0.15, 0.2) is 0 Å². The van der Waals surface area contributed by atoms with Crippen molar-refractivity contribution < 1.29 is 9.47 Å². The normalized spacial score (nSPS) is 9.50. The van der Waals surface area contributed by atoms with E-state index in [4.69, 9.17) is 9.47 Å². The smallest absolute Gasteiger partial charge is 0.125 e. The van der Waals surface area contributed by atoms with Crippen molar-refractivity contribution in [1.29, 1.82) is 0 Å². The highest BCUT2D eigenvalue weighted by Crippen LogP contribution is 2.32. The average Bonchev–Trinajstić information content (AvgIpc) is 2.31. The predicted octanol–water partition coefficient (Wildman–Crippen LogP) is 4.16. The molecule has 0 unspecified atom stereocenters. The summed E-state index contributed by atoms with van der Waals surface area (Å²) < 4.78 is 10.6. The molecule has 0 spiro atoms. The Balaban J connectivity index is 0.00000106. The number of rotatable bonds is 3. The lowest BCUT2D eigenvalue weighted by Gasteiger charge is -2.14. The second kappa shape index (κ2) is 7.15. The molecule has 0 bridgehead atoms. The van der Waals surface area contributed by atoms with Crippen molar-refractivity contribution >= 4 is 0 Å². The van der Waals surface area contributed by atoms with E-state index in [0.29, 0.717) is 5.92 Å². The Morgan fingerprint density at radius 1 is 0.938 bits per heavy atom. The molecule has 0 aliphatic rings. The van der Waals surface area contributed by atoms with Gasteiger partial charge in [-0.05, 0) is 30.5 Å². The highest BCUT2D eigenvalue weighted by molar-refractivity contribution is 5.47. The first kappa shape index (κ1) is 14.8. The van der Waals surface area contributed by atoms with Gasteiger partial charge in [0.25, 0.3) is 0 Å². The third kappa shape index (κ3) is 3.44. The molecule has 0 amide bonds. The summed E-state index contributed by atoms with van der Waals surface area (Å²) in [6.07, 6.45) is 0. The van der Waals surface area contributed by atoms with Crippen LogP contribution >= 0.6 is 0 Å². The molecular weight excluding hydrogens is 200 g/mol. The zero-order chi connectivity index (χ0) is 12.7. The molecule has 2 heteroatoms. The van der Waals surface area contributed by atoms with Crippen LogP contribution in [0.1, 0.15) is 44.7 Å². The molecule has 0 aliphatic heterocycles. The first-order chi connectivity index (χ1) is 7.60. The van der Waals surface area contributed by atoms with Gasteiger partial charge in [-0.2, -0.15) is 0 Å². The molecule has 1 aromatic rings. The minimum Gasteiger partial charge on any atom is -0.496 e. The van der Waals surface area contributed by atoms with Gasteiger partial charge in [0.1, 0.15) is 11.5 Å². The van der Waals surface area contributed by atoms with E-state index in [1.807, 2.05) is 20.8 Å². The molecule has 0 saturated heterocycles. The van der Waals surface area contributed by atoms with E-state index >= 15 is 0 Å². The highest BCUT2D eigenvalue weighted by atomic mass is 16.5. The van der Waals surface area contributed by atoms with Crippen LogP contribution in [-0.2, 0) is 0 Å². The van der Waals surface area contributed by atoms with E-state index in [-0.39, 0.29) is 0 Å². The summed E-state index contributed by atoms with van der Waals surface area (Å²) in [4.78, 5) is 0. The van der Waals surface area contributed by atoms with Crippen molar-refractivity contribution in [1.82, 2.24) is 0 Å². The van der Waals surface area contributed by atoms with Crippen LogP contribution in [0.2, 0.25) is 0 Å². The highest BCUT2D eigenvalue weighted by Gasteiger charge is 2.09. The van der Waals surface area contributed by atoms with Crippen LogP contribution in [-0.4, -0.2) is 14.2 Å². The largest absolute Gasteiger partial charge is 0.496 e. The Kier molecular flexibility index (Phi) is 6.63. The summed E-state index contributed by atoms with van der Waals surface area (Å²) >= 11 is 0. The lowest BCUT2D eigenvalue weighted by atomic mass is 10.0. The minimum atomic E-state index is 0.485. The van der Waals surface area contributed by atoms with Gasteiger partial charge in [-0.1, -0.05) is 27.7 Å². The average molecular weight is 224 g/mol. The van der Waals surface area contributed by atoms with Gasteiger partial charge in [-0.3, -0.25) is 0 Å². The summed E-state index contributed by atoms with van der Waals surface area (Å²) in [7, 11) is 3.37. The second-order valence-electron chi connectivity index (χ2n) is 3.71. The molecule has 0 aliphatic carbocycles. The number of hydrogen-bond donors (Lipinski definition) is 0. The molecule has 2 nitrogen and oxygen atoms in total.